The molecule has 1 amide bonds. The van der Waals surface area contributed by atoms with Gasteiger partial charge in [-0.3, -0.25) is 9.78 Å². The molecule has 2 bridgehead atoms. The van der Waals surface area contributed by atoms with Crippen LogP contribution >= 0.6 is 0 Å². The van der Waals surface area contributed by atoms with Gasteiger partial charge in [0.25, 0.3) is 0 Å². The summed E-state index contributed by atoms with van der Waals surface area (Å²) in [5.74, 6) is 0.0645. The Morgan fingerprint density at radius 3 is 2.61 bits per heavy atom. The maximum Gasteiger partial charge on any atom is 0.241 e. The third-order valence-corrected chi connectivity index (χ3v) is 7.03. The van der Waals surface area contributed by atoms with Crippen LogP contribution in [0.15, 0.2) is 66.5 Å². The minimum atomic E-state index is -1.48. The van der Waals surface area contributed by atoms with Crippen LogP contribution in [0.1, 0.15) is 25.0 Å². The van der Waals surface area contributed by atoms with Gasteiger partial charge in [-0.2, -0.15) is 0 Å². The summed E-state index contributed by atoms with van der Waals surface area (Å²) >= 11 is 0. The maximum absolute atomic E-state index is 13.4. The zero-order valence-corrected chi connectivity index (χ0v) is 16.5. The number of fused-ring (bicyclic) bond motifs is 2. The molecule has 2 saturated heterocycles. The third kappa shape index (κ3) is 3.64. The smallest absolute Gasteiger partial charge is 0.241 e. The number of rotatable bonds is 5. The second-order valence-corrected chi connectivity index (χ2v) is 8.57. The van der Waals surface area contributed by atoms with Crippen molar-refractivity contribution in [3.63, 3.8) is 0 Å². The molecule has 4 unspecified atom stereocenters. The van der Waals surface area contributed by atoms with Gasteiger partial charge in [-0.05, 0) is 43.5 Å². The summed E-state index contributed by atoms with van der Waals surface area (Å²) in [7, 11) is -1.48. The van der Waals surface area contributed by atoms with Crippen LogP contribution in [0.3, 0.4) is 0 Å². The largest absolute Gasteiger partial charge is 0.335 e. The maximum atomic E-state index is 13.4. The highest BCUT2D eigenvalue weighted by atomic mass is 32.2. The monoisotopic (exact) mass is 396 g/mol. The quantitative estimate of drug-likeness (QED) is 0.729. The van der Waals surface area contributed by atoms with Crippen LogP contribution in [-0.4, -0.2) is 47.9 Å². The first-order chi connectivity index (χ1) is 13.7. The molecule has 146 valence electrons. The van der Waals surface area contributed by atoms with Crippen molar-refractivity contribution in [3.05, 3.63) is 67.1 Å². The van der Waals surface area contributed by atoms with Crippen molar-refractivity contribution in [1.29, 1.82) is 0 Å². The van der Waals surface area contributed by atoms with E-state index in [1.165, 1.54) is 0 Å². The molecule has 28 heavy (non-hydrogen) atoms. The van der Waals surface area contributed by atoms with Gasteiger partial charge >= 0.3 is 0 Å². The third-order valence-electron chi connectivity index (χ3n) is 5.52. The van der Waals surface area contributed by atoms with Crippen molar-refractivity contribution in [1.82, 2.24) is 19.2 Å². The summed E-state index contributed by atoms with van der Waals surface area (Å²) in [5.41, 5.74) is 0.854. The van der Waals surface area contributed by atoms with Crippen molar-refractivity contribution in [2.24, 2.45) is 5.92 Å². The van der Waals surface area contributed by atoms with Crippen LogP contribution < -0.4 is 0 Å². The van der Waals surface area contributed by atoms with E-state index in [0.29, 0.717) is 24.5 Å². The molecule has 0 aromatic carbocycles. The Morgan fingerprint density at radius 2 is 1.93 bits per heavy atom. The van der Waals surface area contributed by atoms with E-state index >= 15 is 0 Å². The zero-order valence-electron chi connectivity index (χ0n) is 15.7. The normalized spacial score (nSPS) is 26.5. The molecule has 6 nitrogen and oxygen atoms in total. The number of pyridine rings is 2. The fourth-order valence-corrected chi connectivity index (χ4v) is 5.67. The Morgan fingerprint density at radius 1 is 1.14 bits per heavy atom. The lowest BCUT2D eigenvalue weighted by Crippen LogP contribution is -2.52. The van der Waals surface area contributed by atoms with Gasteiger partial charge in [0.05, 0.1) is 12.2 Å². The molecule has 7 heteroatoms. The van der Waals surface area contributed by atoms with Crippen molar-refractivity contribution < 1.29 is 9.00 Å². The Bertz CT molecular complexity index is 861. The van der Waals surface area contributed by atoms with E-state index in [0.717, 1.165) is 18.5 Å². The van der Waals surface area contributed by atoms with Gasteiger partial charge < -0.3 is 4.90 Å². The predicted molar refractivity (Wildman–Crippen MR) is 107 cm³/mol. The van der Waals surface area contributed by atoms with E-state index in [1.54, 1.807) is 24.5 Å². The van der Waals surface area contributed by atoms with E-state index in [9.17, 15) is 9.00 Å². The summed E-state index contributed by atoms with van der Waals surface area (Å²) in [5, 5.41) is 0.494. The van der Waals surface area contributed by atoms with Crippen molar-refractivity contribution in [2.45, 2.75) is 42.9 Å². The molecule has 2 aromatic heterocycles. The summed E-state index contributed by atoms with van der Waals surface area (Å²) in [4.78, 5) is 23.9. The number of nitrogens with zero attached hydrogens (tertiary/aromatic N) is 4. The Balaban J connectivity index is 1.68. The highest BCUT2D eigenvalue weighted by Crippen LogP contribution is 2.36. The predicted octanol–water partition coefficient (Wildman–Crippen LogP) is 2.57. The Hall–Kier alpha value is -2.38. The molecule has 4 rings (SSSR count). The van der Waals surface area contributed by atoms with Crippen LogP contribution in [0, 0.1) is 5.92 Å². The lowest BCUT2D eigenvalue weighted by atomic mass is 9.90. The fourth-order valence-electron chi connectivity index (χ4n) is 4.18. The molecular formula is C21H24N4O2S. The molecular weight excluding hydrogens is 372 g/mol. The molecule has 2 aliphatic rings. The van der Waals surface area contributed by atoms with Gasteiger partial charge in [-0.25, -0.2) is 13.5 Å². The zero-order chi connectivity index (χ0) is 19.5. The van der Waals surface area contributed by atoms with Crippen LogP contribution in [0.2, 0.25) is 0 Å². The number of amides is 1. The average molecular weight is 397 g/mol. The average Bonchev–Trinajstić information content (AvgIpc) is 2.81. The van der Waals surface area contributed by atoms with Gasteiger partial charge in [0.15, 0.2) is 0 Å². The summed E-state index contributed by atoms with van der Waals surface area (Å²) in [6, 6.07) is 10.7. The summed E-state index contributed by atoms with van der Waals surface area (Å²) in [6.45, 7) is 5.03. The number of carbonyl (C=O) groups excluding carboxylic acids is 1. The van der Waals surface area contributed by atoms with E-state index < -0.39 is 17.0 Å². The lowest BCUT2D eigenvalue weighted by Gasteiger charge is -2.39. The minimum absolute atomic E-state index is 0.0109. The molecule has 0 aliphatic carbocycles. The van der Waals surface area contributed by atoms with Crippen molar-refractivity contribution in [3.8, 4) is 0 Å². The fraction of sp³-hybridized carbons (Fsp3) is 0.381. The lowest BCUT2D eigenvalue weighted by molar-refractivity contribution is -0.135. The van der Waals surface area contributed by atoms with Gasteiger partial charge in [0, 0.05) is 30.9 Å². The number of hydrogen-bond donors (Lipinski definition) is 0. The first-order valence-electron chi connectivity index (χ1n) is 9.61. The molecule has 0 spiro atoms. The molecule has 2 aliphatic heterocycles. The Labute approximate surface area is 167 Å². The molecule has 0 saturated carbocycles. The standard InChI is InChI=1S/C21H24N4O2S/c1-2-16-14-24(15-17-8-3-5-12-22-17)21(26)19-10-7-9-18(16)25(19)28(27)20-11-4-6-13-23-20/h2-6,8,11-13,16,18-19H,1,7,9-10,14-15H2. The topological polar surface area (TPSA) is 66.4 Å². The van der Waals surface area contributed by atoms with Gasteiger partial charge in [0.2, 0.25) is 5.91 Å². The molecule has 0 N–H and O–H groups in total. The van der Waals surface area contributed by atoms with E-state index in [2.05, 4.69) is 16.5 Å². The van der Waals surface area contributed by atoms with Crippen molar-refractivity contribution >= 4 is 16.9 Å². The first-order valence-corrected chi connectivity index (χ1v) is 10.7. The van der Waals surface area contributed by atoms with Crippen LogP contribution in [-0.2, 0) is 22.3 Å². The molecule has 4 atom stereocenters. The minimum Gasteiger partial charge on any atom is -0.335 e. The number of piperidine rings is 1. The second-order valence-electron chi connectivity index (χ2n) is 7.23. The Kier molecular flexibility index (Phi) is 5.64. The van der Waals surface area contributed by atoms with Crippen molar-refractivity contribution in [2.75, 3.05) is 6.54 Å². The first kappa shape index (κ1) is 19.0. The van der Waals surface area contributed by atoms with Crippen LogP contribution in [0.5, 0.6) is 0 Å². The summed E-state index contributed by atoms with van der Waals surface area (Å²) < 4.78 is 15.3. The molecule has 4 heterocycles. The summed E-state index contributed by atoms with van der Waals surface area (Å²) in [6.07, 6.45) is 7.83. The van der Waals surface area contributed by atoms with E-state index in [1.807, 2.05) is 39.5 Å². The highest BCUT2D eigenvalue weighted by Gasteiger charge is 2.46. The van der Waals surface area contributed by atoms with Crippen LogP contribution in [0.25, 0.3) is 0 Å². The number of carbonyl (C=O) groups is 1. The number of aromatic nitrogens is 2. The van der Waals surface area contributed by atoms with E-state index in [-0.39, 0.29) is 17.9 Å². The highest BCUT2D eigenvalue weighted by molar-refractivity contribution is 7.82. The van der Waals surface area contributed by atoms with Gasteiger partial charge in [-0.1, -0.05) is 18.2 Å². The van der Waals surface area contributed by atoms with E-state index in [4.69, 9.17) is 0 Å². The van der Waals surface area contributed by atoms with Gasteiger partial charge in [-0.15, -0.1) is 6.58 Å². The second kappa shape index (κ2) is 8.32. The molecule has 2 fully saturated rings. The van der Waals surface area contributed by atoms with Crippen LogP contribution in [0.4, 0.5) is 0 Å². The molecule has 2 aromatic rings. The van der Waals surface area contributed by atoms with Gasteiger partial charge in [0.1, 0.15) is 22.1 Å². The SMILES string of the molecule is C=CC1CN(Cc2ccccn2)C(=O)C2CCCC1N2S(=O)c1ccccn1. The number of hydrogen-bond acceptors (Lipinski definition) is 4. The molecule has 0 radical (unpaired) electrons.